The highest BCUT2D eigenvalue weighted by Gasteiger charge is 2.45. The molecule has 1 N–H and O–H groups in total. The minimum Gasteiger partial charge on any atom is -0.480 e. The number of halogens is 3. The van der Waals surface area contributed by atoms with Crippen LogP contribution < -0.4 is 0 Å². The van der Waals surface area contributed by atoms with E-state index in [-0.39, 0.29) is 6.54 Å². The van der Waals surface area contributed by atoms with Crippen molar-refractivity contribution in [1.82, 2.24) is 9.80 Å². The number of carbonyl (C=O) groups is 3. The maximum atomic E-state index is 12.4. The van der Waals surface area contributed by atoms with Crippen molar-refractivity contribution < 1.29 is 32.7 Å². The van der Waals surface area contributed by atoms with Crippen LogP contribution in [0.4, 0.5) is 13.2 Å². The van der Waals surface area contributed by atoms with Crippen LogP contribution in [0.3, 0.4) is 0 Å². The first-order valence-electron chi connectivity index (χ1n) is 6.02. The molecule has 1 fully saturated rings. The Labute approximate surface area is 113 Å². The highest BCUT2D eigenvalue weighted by atomic mass is 19.4. The summed E-state index contributed by atoms with van der Waals surface area (Å²) in [6.07, 6.45) is -4.57. The highest BCUT2D eigenvalue weighted by Crippen LogP contribution is 2.24. The van der Waals surface area contributed by atoms with Crippen molar-refractivity contribution in [1.29, 1.82) is 0 Å². The fraction of sp³-hybridized carbons (Fsp3) is 0.727. The zero-order valence-electron chi connectivity index (χ0n) is 10.8. The molecule has 1 rings (SSSR count). The molecule has 0 aromatic rings. The van der Waals surface area contributed by atoms with Crippen molar-refractivity contribution >= 4 is 17.8 Å². The van der Waals surface area contributed by atoms with Crippen LogP contribution in [0.5, 0.6) is 0 Å². The van der Waals surface area contributed by atoms with Gasteiger partial charge < -0.3 is 5.11 Å². The number of carboxylic acids is 1. The lowest BCUT2D eigenvalue weighted by molar-refractivity contribution is -0.160. The Morgan fingerprint density at radius 3 is 2.50 bits per heavy atom. The summed E-state index contributed by atoms with van der Waals surface area (Å²) in [5.41, 5.74) is 0. The van der Waals surface area contributed by atoms with Crippen LogP contribution in [0, 0.1) is 0 Å². The van der Waals surface area contributed by atoms with Gasteiger partial charge in [0.2, 0.25) is 11.8 Å². The molecule has 2 amide bonds. The topological polar surface area (TPSA) is 77.9 Å². The number of rotatable bonds is 6. The number of likely N-dealkylation sites (tertiary alicyclic amines) is 1. The molecule has 1 unspecified atom stereocenters. The molecule has 0 radical (unpaired) electrons. The molecule has 1 aliphatic heterocycles. The summed E-state index contributed by atoms with van der Waals surface area (Å²) in [4.78, 5) is 35.5. The summed E-state index contributed by atoms with van der Waals surface area (Å²) in [7, 11) is 0. The van der Waals surface area contributed by atoms with Crippen LogP contribution >= 0.6 is 0 Å². The summed E-state index contributed by atoms with van der Waals surface area (Å²) < 4.78 is 37.3. The third kappa shape index (κ3) is 4.19. The van der Waals surface area contributed by atoms with E-state index in [2.05, 4.69) is 0 Å². The number of alkyl halides is 3. The maximum absolute atomic E-state index is 12.4. The molecule has 1 saturated heterocycles. The van der Waals surface area contributed by atoms with Crippen LogP contribution in [0.25, 0.3) is 0 Å². The van der Waals surface area contributed by atoms with Crippen molar-refractivity contribution in [3.63, 3.8) is 0 Å². The van der Waals surface area contributed by atoms with Crippen LogP contribution in [0.2, 0.25) is 0 Å². The Hall–Kier alpha value is -1.64. The number of nitrogens with zero attached hydrogens (tertiary/aromatic N) is 2. The Kier molecular flexibility index (Phi) is 5.09. The summed E-state index contributed by atoms with van der Waals surface area (Å²) in [5, 5.41) is 8.64. The molecule has 9 heteroatoms. The number of hydrogen-bond acceptors (Lipinski definition) is 4. The molecule has 0 aromatic carbocycles. The molecular weight excluding hydrogens is 281 g/mol. The maximum Gasteiger partial charge on any atom is 0.401 e. The van der Waals surface area contributed by atoms with Crippen LogP contribution in [-0.2, 0) is 14.4 Å². The predicted molar refractivity (Wildman–Crippen MR) is 60.7 cm³/mol. The summed E-state index contributed by atoms with van der Waals surface area (Å²) in [5.74, 6) is -2.81. The third-order valence-corrected chi connectivity index (χ3v) is 2.83. The lowest BCUT2D eigenvalue weighted by atomic mass is 10.2. The number of imide groups is 1. The number of hydrogen-bond donors (Lipinski definition) is 1. The highest BCUT2D eigenvalue weighted by molar-refractivity contribution is 6.05. The molecule has 0 saturated carbocycles. The molecule has 1 heterocycles. The van der Waals surface area contributed by atoms with Gasteiger partial charge in [-0.15, -0.1) is 0 Å². The van der Waals surface area contributed by atoms with Gasteiger partial charge in [0.05, 0.1) is 25.6 Å². The fourth-order valence-electron chi connectivity index (χ4n) is 2.09. The van der Waals surface area contributed by atoms with E-state index in [1.54, 1.807) is 6.92 Å². The Balaban J connectivity index is 2.89. The molecule has 0 bridgehead atoms. The van der Waals surface area contributed by atoms with Gasteiger partial charge in [-0.05, 0) is 6.42 Å². The second-order valence-corrected chi connectivity index (χ2v) is 4.52. The van der Waals surface area contributed by atoms with Crippen molar-refractivity contribution in [2.24, 2.45) is 0 Å². The van der Waals surface area contributed by atoms with Crippen molar-refractivity contribution in [3.8, 4) is 0 Å². The smallest absolute Gasteiger partial charge is 0.401 e. The minimum atomic E-state index is -4.64. The van der Waals surface area contributed by atoms with E-state index < -0.39 is 49.5 Å². The Bertz CT molecular complexity index is 411. The first kappa shape index (κ1) is 16.4. The number of aliphatic carboxylic acids is 1. The molecule has 0 aliphatic carbocycles. The van der Waals surface area contributed by atoms with E-state index in [0.717, 1.165) is 4.90 Å². The predicted octanol–water partition coefficient (Wildman–Crippen LogP) is 0.473. The van der Waals surface area contributed by atoms with Crippen LogP contribution in [0.15, 0.2) is 0 Å². The normalized spacial score (nSPS) is 20.1. The van der Waals surface area contributed by atoms with Crippen molar-refractivity contribution in [2.45, 2.75) is 32.0 Å². The SMILES string of the molecule is CCCN1C(=O)CC(N(CC(=O)O)CC(F)(F)F)C1=O. The number of carbonyl (C=O) groups excluding carboxylic acids is 2. The van der Waals surface area contributed by atoms with Crippen molar-refractivity contribution in [3.05, 3.63) is 0 Å². The number of carboxylic acid groups (broad SMARTS) is 1. The standard InChI is InChI=1S/C11H15F3N2O4/c1-2-3-16-8(17)4-7(10(16)20)15(5-9(18)19)6-11(12,13)14/h7H,2-6H2,1H3,(H,18,19). The molecule has 114 valence electrons. The Morgan fingerprint density at radius 2 is 2.05 bits per heavy atom. The quantitative estimate of drug-likeness (QED) is 0.721. The molecule has 20 heavy (non-hydrogen) atoms. The average molecular weight is 296 g/mol. The summed E-state index contributed by atoms with van der Waals surface area (Å²) in [6.45, 7) is -0.633. The third-order valence-electron chi connectivity index (χ3n) is 2.83. The van der Waals surface area contributed by atoms with Gasteiger partial charge in [0.1, 0.15) is 0 Å². The second-order valence-electron chi connectivity index (χ2n) is 4.52. The van der Waals surface area contributed by atoms with Gasteiger partial charge in [-0.25, -0.2) is 0 Å². The summed E-state index contributed by atoms with van der Waals surface area (Å²) >= 11 is 0. The van der Waals surface area contributed by atoms with E-state index in [9.17, 15) is 27.6 Å². The summed E-state index contributed by atoms with van der Waals surface area (Å²) in [6, 6.07) is -1.35. The van der Waals surface area contributed by atoms with Gasteiger partial charge in [0.25, 0.3) is 0 Å². The lowest BCUT2D eigenvalue weighted by Crippen LogP contribution is -2.48. The molecular formula is C11H15F3N2O4. The monoisotopic (exact) mass is 296 g/mol. The second kappa shape index (κ2) is 6.21. The molecule has 1 aliphatic rings. The van der Waals surface area contributed by atoms with Gasteiger partial charge in [-0.3, -0.25) is 24.2 Å². The number of amides is 2. The minimum absolute atomic E-state index is 0.126. The molecule has 0 aromatic heterocycles. The van der Waals surface area contributed by atoms with Gasteiger partial charge in [-0.2, -0.15) is 13.2 Å². The lowest BCUT2D eigenvalue weighted by Gasteiger charge is -2.26. The Morgan fingerprint density at radius 1 is 1.45 bits per heavy atom. The molecule has 6 nitrogen and oxygen atoms in total. The van der Waals surface area contributed by atoms with E-state index in [0.29, 0.717) is 11.3 Å². The van der Waals surface area contributed by atoms with E-state index >= 15 is 0 Å². The largest absolute Gasteiger partial charge is 0.480 e. The van der Waals surface area contributed by atoms with Crippen LogP contribution in [-0.4, -0.2) is 64.5 Å². The first-order chi connectivity index (χ1) is 9.15. The first-order valence-corrected chi connectivity index (χ1v) is 6.02. The van der Waals surface area contributed by atoms with E-state index in [1.807, 2.05) is 0 Å². The molecule has 1 atom stereocenters. The zero-order valence-corrected chi connectivity index (χ0v) is 10.8. The van der Waals surface area contributed by atoms with Gasteiger partial charge >= 0.3 is 12.1 Å². The average Bonchev–Trinajstić information content (AvgIpc) is 2.54. The van der Waals surface area contributed by atoms with Gasteiger partial charge in [0.15, 0.2) is 0 Å². The van der Waals surface area contributed by atoms with E-state index in [4.69, 9.17) is 5.11 Å². The van der Waals surface area contributed by atoms with Gasteiger partial charge in [0, 0.05) is 6.54 Å². The fourth-order valence-corrected chi connectivity index (χ4v) is 2.09. The van der Waals surface area contributed by atoms with Crippen LogP contribution in [0.1, 0.15) is 19.8 Å². The molecule has 0 spiro atoms. The van der Waals surface area contributed by atoms with E-state index in [1.165, 1.54) is 0 Å². The van der Waals surface area contributed by atoms with Gasteiger partial charge in [-0.1, -0.05) is 6.92 Å². The zero-order chi connectivity index (χ0) is 15.5. The van der Waals surface area contributed by atoms with Crippen molar-refractivity contribution in [2.75, 3.05) is 19.6 Å².